The Morgan fingerprint density at radius 1 is 1.30 bits per heavy atom. The van der Waals surface area contributed by atoms with E-state index < -0.39 is 0 Å². The van der Waals surface area contributed by atoms with Crippen LogP contribution < -0.4 is 0 Å². The van der Waals surface area contributed by atoms with Crippen molar-refractivity contribution in [3.8, 4) is 0 Å². The number of nitrogens with one attached hydrogen (secondary N) is 1. The zero-order valence-corrected chi connectivity index (χ0v) is 15.6. The van der Waals surface area contributed by atoms with Gasteiger partial charge in [0.05, 0.1) is 19.1 Å². The predicted molar refractivity (Wildman–Crippen MR) is 103 cm³/mol. The number of aliphatic hydroxyl groups is 1. The number of hydrogen-bond donors (Lipinski definition) is 2. The Morgan fingerprint density at radius 3 is 2.70 bits per heavy atom. The summed E-state index contributed by atoms with van der Waals surface area (Å²) < 4.78 is 13.7. The zero-order valence-electron chi connectivity index (χ0n) is 15.6. The first kappa shape index (κ1) is 19.0. The minimum Gasteiger partial charge on any atom is -0.394 e. The van der Waals surface area contributed by atoms with Gasteiger partial charge >= 0.3 is 0 Å². The topological polar surface area (TPSA) is 69.2 Å². The van der Waals surface area contributed by atoms with Gasteiger partial charge in [-0.3, -0.25) is 9.78 Å². The Balaban J connectivity index is 1.90. The van der Waals surface area contributed by atoms with Crippen LogP contribution in [0.5, 0.6) is 0 Å². The molecular formula is C21H24FN3O2. The third-order valence-electron chi connectivity index (χ3n) is 4.95. The van der Waals surface area contributed by atoms with Gasteiger partial charge in [-0.2, -0.15) is 0 Å². The van der Waals surface area contributed by atoms with Gasteiger partial charge in [-0.25, -0.2) is 4.39 Å². The standard InChI is InChI=1S/C21H24FN3O2/c1-3-17(13-26)25(12-15-6-8-23-9-7-15)21(27)11-18-14(2)24-20-5-4-16(22)10-19(18)20/h4-10,17,24,26H,3,11-13H2,1-2H3. The van der Waals surface area contributed by atoms with Crippen molar-refractivity contribution in [3.05, 3.63) is 65.4 Å². The van der Waals surface area contributed by atoms with E-state index in [0.717, 1.165) is 27.7 Å². The first-order chi connectivity index (χ1) is 13.0. The van der Waals surface area contributed by atoms with Crippen molar-refractivity contribution in [2.45, 2.75) is 39.3 Å². The minimum absolute atomic E-state index is 0.0963. The normalized spacial score (nSPS) is 12.3. The monoisotopic (exact) mass is 369 g/mol. The fourth-order valence-electron chi connectivity index (χ4n) is 3.39. The van der Waals surface area contributed by atoms with Gasteiger partial charge in [0.25, 0.3) is 0 Å². The van der Waals surface area contributed by atoms with Gasteiger partial charge in [0.1, 0.15) is 5.82 Å². The highest BCUT2D eigenvalue weighted by molar-refractivity contribution is 5.90. The molecule has 2 N–H and O–H groups in total. The molecule has 1 atom stereocenters. The van der Waals surface area contributed by atoms with Crippen molar-refractivity contribution in [2.75, 3.05) is 6.61 Å². The number of aliphatic hydroxyl groups excluding tert-OH is 1. The van der Waals surface area contributed by atoms with Gasteiger partial charge in [0.2, 0.25) is 5.91 Å². The van der Waals surface area contributed by atoms with E-state index in [0.29, 0.717) is 13.0 Å². The van der Waals surface area contributed by atoms with Crippen LogP contribution in [0.25, 0.3) is 10.9 Å². The van der Waals surface area contributed by atoms with Crippen LogP contribution in [0.4, 0.5) is 4.39 Å². The number of aryl methyl sites for hydroxylation is 1. The molecule has 0 saturated carbocycles. The fourth-order valence-corrected chi connectivity index (χ4v) is 3.39. The maximum absolute atomic E-state index is 13.7. The highest BCUT2D eigenvalue weighted by atomic mass is 19.1. The highest BCUT2D eigenvalue weighted by Crippen LogP contribution is 2.25. The summed E-state index contributed by atoms with van der Waals surface area (Å²) in [7, 11) is 0. The molecule has 2 aromatic heterocycles. The van der Waals surface area contributed by atoms with Crippen molar-refractivity contribution >= 4 is 16.8 Å². The van der Waals surface area contributed by atoms with Crippen LogP contribution in [0.2, 0.25) is 0 Å². The van der Waals surface area contributed by atoms with E-state index in [1.54, 1.807) is 23.4 Å². The number of aromatic nitrogens is 2. The summed E-state index contributed by atoms with van der Waals surface area (Å²) in [5.41, 5.74) is 3.41. The molecule has 6 heteroatoms. The van der Waals surface area contributed by atoms with Gasteiger partial charge in [0, 0.05) is 35.5 Å². The number of aromatic amines is 1. The van der Waals surface area contributed by atoms with E-state index in [4.69, 9.17) is 0 Å². The van der Waals surface area contributed by atoms with Gasteiger partial charge in [-0.1, -0.05) is 6.92 Å². The summed E-state index contributed by atoms with van der Waals surface area (Å²) in [6.45, 7) is 4.13. The number of amides is 1. The van der Waals surface area contributed by atoms with E-state index in [2.05, 4.69) is 9.97 Å². The number of H-pyrrole nitrogens is 1. The Bertz CT molecular complexity index is 920. The average Bonchev–Trinajstić information content (AvgIpc) is 2.97. The molecule has 0 aliphatic rings. The van der Waals surface area contributed by atoms with Crippen LogP contribution in [-0.4, -0.2) is 38.5 Å². The number of fused-ring (bicyclic) bond motifs is 1. The Morgan fingerprint density at radius 2 is 2.04 bits per heavy atom. The molecule has 142 valence electrons. The number of rotatable bonds is 7. The predicted octanol–water partition coefficient (Wildman–Crippen LogP) is 3.35. The maximum Gasteiger partial charge on any atom is 0.227 e. The van der Waals surface area contributed by atoms with Crippen molar-refractivity contribution in [3.63, 3.8) is 0 Å². The lowest BCUT2D eigenvalue weighted by molar-refractivity contribution is -0.134. The number of carbonyl (C=O) groups is 1. The van der Waals surface area contributed by atoms with Crippen molar-refractivity contribution in [1.82, 2.24) is 14.9 Å². The van der Waals surface area contributed by atoms with E-state index in [9.17, 15) is 14.3 Å². The molecule has 1 aromatic carbocycles. The van der Waals surface area contributed by atoms with Crippen molar-refractivity contribution in [1.29, 1.82) is 0 Å². The average molecular weight is 369 g/mol. The molecule has 0 spiro atoms. The lowest BCUT2D eigenvalue weighted by Gasteiger charge is -2.30. The lowest BCUT2D eigenvalue weighted by atomic mass is 10.0. The van der Waals surface area contributed by atoms with Crippen LogP contribution in [0, 0.1) is 12.7 Å². The van der Waals surface area contributed by atoms with E-state index in [1.165, 1.54) is 12.1 Å². The maximum atomic E-state index is 13.7. The summed E-state index contributed by atoms with van der Waals surface area (Å²) in [6.07, 6.45) is 4.17. The Labute approximate surface area is 157 Å². The summed E-state index contributed by atoms with van der Waals surface area (Å²) in [6, 6.07) is 7.99. The number of carbonyl (C=O) groups excluding carboxylic acids is 1. The molecule has 27 heavy (non-hydrogen) atoms. The smallest absolute Gasteiger partial charge is 0.227 e. The Kier molecular flexibility index (Phi) is 5.86. The number of halogens is 1. The quantitative estimate of drug-likeness (QED) is 0.671. The molecule has 0 saturated heterocycles. The number of benzene rings is 1. The minimum atomic E-state index is -0.328. The van der Waals surface area contributed by atoms with E-state index in [-0.39, 0.29) is 30.8 Å². The molecule has 0 bridgehead atoms. The summed E-state index contributed by atoms with van der Waals surface area (Å²) >= 11 is 0. The van der Waals surface area contributed by atoms with Gasteiger partial charge in [-0.05, 0) is 54.8 Å². The van der Waals surface area contributed by atoms with Crippen molar-refractivity contribution < 1.29 is 14.3 Å². The third-order valence-corrected chi connectivity index (χ3v) is 4.95. The first-order valence-electron chi connectivity index (χ1n) is 9.09. The molecule has 0 radical (unpaired) electrons. The second-order valence-corrected chi connectivity index (χ2v) is 6.72. The summed E-state index contributed by atoms with van der Waals surface area (Å²) in [5, 5.41) is 10.5. The molecule has 3 rings (SSSR count). The van der Waals surface area contributed by atoms with Crippen LogP contribution >= 0.6 is 0 Å². The van der Waals surface area contributed by atoms with Gasteiger partial charge in [0.15, 0.2) is 0 Å². The highest BCUT2D eigenvalue weighted by Gasteiger charge is 2.24. The third kappa shape index (κ3) is 4.17. The van der Waals surface area contributed by atoms with Crippen molar-refractivity contribution in [2.24, 2.45) is 0 Å². The SMILES string of the molecule is CCC(CO)N(Cc1ccncc1)C(=O)Cc1c(C)[nH]c2ccc(F)cc12. The van der Waals surface area contributed by atoms with Crippen LogP contribution in [0.3, 0.4) is 0 Å². The van der Waals surface area contributed by atoms with Crippen LogP contribution in [-0.2, 0) is 17.8 Å². The molecule has 1 unspecified atom stereocenters. The summed E-state index contributed by atoms with van der Waals surface area (Å²) in [4.78, 5) is 22.1. The molecular weight excluding hydrogens is 345 g/mol. The van der Waals surface area contributed by atoms with Crippen LogP contribution in [0.15, 0.2) is 42.7 Å². The number of nitrogens with zero attached hydrogens (tertiary/aromatic N) is 2. The summed E-state index contributed by atoms with van der Waals surface area (Å²) in [5.74, 6) is -0.424. The second kappa shape index (κ2) is 8.31. The molecule has 3 aromatic rings. The van der Waals surface area contributed by atoms with E-state index in [1.807, 2.05) is 26.0 Å². The Hall–Kier alpha value is -2.73. The second-order valence-electron chi connectivity index (χ2n) is 6.72. The molecule has 0 aliphatic heterocycles. The number of pyridine rings is 1. The first-order valence-corrected chi connectivity index (χ1v) is 9.09. The molecule has 0 fully saturated rings. The molecule has 1 amide bonds. The van der Waals surface area contributed by atoms with E-state index >= 15 is 0 Å². The number of hydrogen-bond acceptors (Lipinski definition) is 3. The van der Waals surface area contributed by atoms with Crippen LogP contribution in [0.1, 0.15) is 30.2 Å². The molecule has 5 nitrogen and oxygen atoms in total. The fraction of sp³-hybridized carbons (Fsp3) is 0.333. The zero-order chi connectivity index (χ0) is 19.4. The molecule has 2 heterocycles. The lowest BCUT2D eigenvalue weighted by Crippen LogP contribution is -2.42. The van der Waals surface area contributed by atoms with Gasteiger partial charge < -0.3 is 15.0 Å². The largest absolute Gasteiger partial charge is 0.394 e. The molecule has 0 aliphatic carbocycles. The van der Waals surface area contributed by atoms with Gasteiger partial charge in [-0.15, -0.1) is 0 Å².